The van der Waals surface area contributed by atoms with Crippen molar-refractivity contribution in [2.75, 3.05) is 78.3 Å². The van der Waals surface area contributed by atoms with Crippen LogP contribution in [0.25, 0.3) is 32.9 Å². The van der Waals surface area contributed by atoms with Gasteiger partial charge < -0.3 is 34.1 Å². The molecule has 2 aromatic heterocycles. The van der Waals surface area contributed by atoms with Gasteiger partial charge in [-0.25, -0.2) is 13.8 Å². The molecule has 2 atom stereocenters. The number of likely N-dealkylation sites (tertiary alicyclic amines) is 1. The first kappa shape index (κ1) is 36.4. The lowest BCUT2D eigenvalue weighted by molar-refractivity contribution is -0.0203. The summed E-state index contributed by atoms with van der Waals surface area (Å²) in [6, 6.07) is 7.78. The maximum Gasteiger partial charge on any atom is 0.319 e. The van der Waals surface area contributed by atoms with E-state index in [1.54, 1.807) is 12.1 Å². The molecule has 0 amide bonds. The van der Waals surface area contributed by atoms with Gasteiger partial charge in [0.1, 0.15) is 34.0 Å². The molecule has 5 heterocycles. The molecular weight excluding hydrogens is 672 g/mol. The lowest BCUT2D eigenvalue weighted by Gasteiger charge is -2.47. The number of phenolic OH excluding ortho intramolecular Hbond substituents is 1. The third-order valence-electron chi connectivity index (χ3n) is 11.3. The van der Waals surface area contributed by atoms with Crippen LogP contribution in [0.2, 0.25) is 0 Å². The summed E-state index contributed by atoms with van der Waals surface area (Å²) in [5.74, 6) is -0.253. The number of methoxy groups -OCH3 is 1. The largest absolute Gasteiger partial charge is 0.508 e. The number of aromatic hydroxyl groups is 1. The Morgan fingerprint density at radius 1 is 0.904 bits per heavy atom. The SMILES string of the molecule is CO.COc1nc(-c2cc(O)cc3cccc(F)c23)c(F)c2nc(OCC34CCCC3N(CC3CCOCC3)CCC4)nc(N3CCCOCC3)c12. The van der Waals surface area contributed by atoms with Gasteiger partial charge in [-0.1, -0.05) is 18.6 Å². The summed E-state index contributed by atoms with van der Waals surface area (Å²) in [6.45, 7) is 6.59. The molecule has 2 unspecified atom stereocenters. The van der Waals surface area contributed by atoms with Crippen LogP contribution in [0.5, 0.6) is 17.6 Å². The van der Waals surface area contributed by atoms with Crippen molar-refractivity contribution in [3.8, 4) is 28.9 Å². The number of rotatable bonds is 8. The molecule has 3 saturated heterocycles. The van der Waals surface area contributed by atoms with Crippen LogP contribution in [0.15, 0.2) is 30.3 Å². The Balaban J connectivity index is 0.00000207. The second-order valence-electron chi connectivity index (χ2n) is 14.3. The molecule has 0 radical (unpaired) electrons. The highest BCUT2D eigenvalue weighted by molar-refractivity contribution is 6.02. The molecule has 3 aliphatic heterocycles. The van der Waals surface area contributed by atoms with E-state index in [0.717, 1.165) is 84.8 Å². The van der Waals surface area contributed by atoms with Crippen molar-refractivity contribution in [3.63, 3.8) is 0 Å². The fraction of sp³-hybridized carbons (Fsp3) is 0.564. The maximum absolute atomic E-state index is 17.0. The van der Waals surface area contributed by atoms with E-state index in [0.29, 0.717) is 61.5 Å². The van der Waals surface area contributed by atoms with Crippen LogP contribution in [0, 0.1) is 23.0 Å². The molecule has 52 heavy (non-hydrogen) atoms. The number of hydrogen-bond donors (Lipinski definition) is 2. The van der Waals surface area contributed by atoms with Crippen molar-refractivity contribution in [3.05, 3.63) is 42.0 Å². The van der Waals surface area contributed by atoms with E-state index in [9.17, 15) is 5.11 Å². The van der Waals surface area contributed by atoms with Crippen LogP contribution < -0.4 is 14.4 Å². The molecule has 2 N–H and O–H groups in total. The summed E-state index contributed by atoms with van der Waals surface area (Å²) in [5.41, 5.74) is -0.146. The van der Waals surface area contributed by atoms with Crippen LogP contribution in [0.3, 0.4) is 0 Å². The molecule has 1 saturated carbocycles. The second kappa shape index (κ2) is 16.0. The zero-order valence-electron chi connectivity index (χ0n) is 30.1. The monoisotopic (exact) mass is 721 g/mol. The number of aromatic nitrogens is 3. The fourth-order valence-corrected chi connectivity index (χ4v) is 8.93. The number of ether oxygens (including phenoxy) is 4. The van der Waals surface area contributed by atoms with Crippen molar-refractivity contribution in [2.45, 2.75) is 57.4 Å². The predicted octanol–water partition coefficient (Wildman–Crippen LogP) is 6.11. The number of piperidine rings is 1. The van der Waals surface area contributed by atoms with E-state index in [4.69, 9.17) is 34.0 Å². The lowest BCUT2D eigenvalue weighted by Crippen LogP contribution is -2.53. The number of benzene rings is 2. The van der Waals surface area contributed by atoms with Crippen LogP contribution in [0.4, 0.5) is 14.6 Å². The molecule has 8 rings (SSSR count). The van der Waals surface area contributed by atoms with Gasteiger partial charge in [0.2, 0.25) is 5.88 Å². The lowest BCUT2D eigenvalue weighted by atomic mass is 9.75. The quantitative estimate of drug-likeness (QED) is 0.219. The standard InChI is InChI=1S/C38H45F2N5O5.CH4O/c1-47-36-31-34(32(40)33(41-36)27-21-26(46)20-25-6-2-7-28(39)30(25)27)42-37(43-35(31)44-14-5-16-48-19-15-44)50-23-38-11-3-8-29(38)45(13-4-12-38)22-24-9-17-49-18-10-24;1-2/h2,6-7,20-21,24,29,46H,3-5,8-19,22-23H2,1H3;2H,1H3. The first-order valence-electron chi connectivity index (χ1n) is 18.5. The maximum atomic E-state index is 17.0. The number of halogens is 2. The molecule has 4 aromatic rings. The molecule has 280 valence electrons. The van der Waals surface area contributed by atoms with Crippen LogP contribution in [-0.2, 0) is 9.47 Å². The molecule has 2 aromatic carbocycles. The number of anilines is 1. The molecule has 1 aliphatic carbocycles. The Bertz CT molecular complexity index is 1870. The Morgan fingerprint density at radius 2 is 1.71 bits per heavy atom. The number of nitrogens with zero attached hydrogens (tertiary/aromatic N) is 5. The Labute approximate surface area is 302 Å². The van der Waals surface area contributed by atoms with Gasteiger partial charge in [0.15, 0.2) is 5.82 Å². The van der Waals surface area contributed by atoms with Gasteiger partial charge in [-0.05, 0) is 81.0 Å². The highest BCUT2D eigenvalue weighted by atomic mass is 19.1. The average Bonchev–Trinajstić information content (AvgIpc) is 3.42. The van der Waals surface area contributed by atoms with E-state index >= 15 is 8.78 Å². The zero-order valence-corrected chi connectivity index (χ0v) is 30.1. The molecule has 4 aliphatic rings. The highest BCUT2D eigenvalue weighted by Crippen LogP contribution is 2.49. The average molecular weight is 722 g/mol. The fourth-order valence-electron chi connectivity index (χ4n) is 8.93. The van der Waals surface area contributed by atoms with Gasteiger partial charge in [-0.15, -0.1) is 0 Å². The molecule has 11 nitrogen and oxygen atoms in total. The van der Waals surface area contributed by atoms with Crippen LogP contribution >= 0.6 is 0 Å². The minimum absolute atomic E-state index is 0.0318. The van der Waals surface area contributed by atoms with Crippen molar-refractivity contribution >= 4 is 27.5 Å². The summed E-state index contributed by atoms with van der Waals surface area (Å²) in [7, 11) is 2.46. The van der Waals surface area contributed by atoms with E-state index in [1.165, 1.54) is 25.3 Å². The van der Waals surface area contributed by atoms with Gasteiger partial charge in [0.25, 0.3) is 0 Å². The van der Waals surface area contributed by atoms with Gasteiger partial charge in [-0.2, -0.15) is 9.97 Å². The normalized spacial score (nSPS) is 22.9. The minimum atomic E-state index is -0.771. The van der Waals surface area contributed by atoms with Gasteiger partial charge in [-0.3, -0.25) is 4.90 Å². The van der Waals surface area contributed by atoms with E-state index in [2.05, 4.69) is 9.88 Å². The van der Waals surface area contributed by atoms with Crippen molar-refractivity contribution in [1.29, 1.82) is 0 Å². The van der Waals surface area contributed by atoms with Crippen LogP contribution in [0.1, 0.15) is 51.4 Å². The number of phenols is 1. The minimum Gasteiger partial charge on any atom is -0.508 e. The Kier molecular flexibility index (Phi) is 11.2. The predicted molar refractivity (Wildman–Crippen MR) is 194 cm³/mol. The first-order valence-corrected chi connectivity index (χ1v) is 18.5. The molecule has 4 fully saturated rings. The van der Waals surface area contributed by atoms with E-state index in [-0.39, 0.29) is 45.2 Å². The van der Waals surface area contributed by atoms with Crippen molar-refractivity contribution < 1.29 is 37.9 Å². The summed E-state index contributed by atoms with van der Waals surface area (Å²) in [6.07, 6.45) is 8.51. The second-order valence-corrected chi connectivity index (χ2v) is 14.3. The van der Waals surface area contributed by atoms with Crippen LogP contribution in [-0.4, -0.2) is 110 Å². The number of fused-ring (bicyclic) bond motifs is 3. The third-order valence-corrected chi connectivity index (χ3v) is 11.3. The van der Waals surface area contributed by atoms with Crippen molar-refractivity contribution in [2.24, 2.45) is 11.3 Å². The number of aliphatic hydroxyl groups is 1. The van der Waals surface area contributed by atoms with Gasteiger partial charge >= 0.3 is 6.01 Å². The molecular formula is C39H49F2N5O6. The third kappa shape index (κ3) is 7.07. The highest BCUT2D eigenvalue weighted by Gasteiger charge is 2.49. The summed E-state index contributed by atoms with van der Waals surface area (Å²) in [4.78, 5) is 19.0. The zero-order chi connectivity index (χ0) is 36.2. The summed E-state index contributed by atoms with van der Waals surface area (Å²) in [5, 5.41) is 18.4. The number of hydrogen-bond acceptors (Lipinski definition) is 11. The summed E-state index contributed by atoms with van der Waals surface area (Å²) < 4.78 is 56.1. The van der Waals surface area contributed by atoms with E-state index < -0.39 is 11.6 Å². The Morgan fingerprint density at radius 3 is 2.54 bits per heavy atom. The molecule has 0 spiro atoms. The van der Waals surface area contributed by atoms with E-state index in [1.807, 2.05) is 4.90 Å². The van der Waals surface area contributed by atoms with Gasteiger partial charge in [0, 0.05) is 69.0 Å². The molecule has 13 heteroatoms. The molecule has 0 bridgehead atoms. The van der Waals surface area contributed by atoms with Crippen molar-refractivity contribution in [1.82, 2.24) is 19.9 Å². The summed E-state index contributed by atoms with van der Waals surface area (Å²) >= 11 is 0. The van der Waals surface area contributed by atoms with Gasteiger partial charge in [0.05, 0.1) is 20.3 Å². The smallest absolute Gasteiger partial charge is 0.319 e. The number of aliphatic hydroxyl groups excluding tert-OH is 1. The first-order chi connectivity index (χ1) is 25.4. The topological polar surface area (TPSA) is 123 Å². The number of pyridine rings is 1. The Hall–Kier alpha value is -3.91.